The average molecular weight is 371 g/mol. The van der Waals surface area contributed by atoms with Gasteiger partial charge in [0.2, 0.25) is 10.0 Å². The van der Waals surface area contributed by atoms with Crippen molar-refractivity contribution in [2.24, 2.45) is 7.05 Å². The number of ether oxygens (including phenoxy) is 1. The second-order valence-electron chi connectivity index (χ2n) is 5.09. The van der Waals surface area contributed by atoms with Gasteiger partial charge in [0.15, 0.2) is 0 Å². The minimum Gasteiger partial charge on any atom is -0.370 e. The predicted molar refractivity (Wildman–Crippen MR) is 86.2 cm³/mol. The van der Waals surface area contributed by atoms with Crippen LogP contribution in [0.15, 0.2) is 28.9 Å². The van der Waals surface area contributed by atoms with E-state index in [1.54, 1.807) is 0 Å². The Morgan fingerprint density at radius 1 is 1.38 bits per heavy atom. The average Bonchev–Trinajstić information content (AvgIpc) is 2.69. The van der Waals surface area contributed by atoms with Crippen molar-refractivity contribution in [2.45, 2.75) is 6.61 Å². The first-order valence-electron chi connectivity index (χ1n) is 6.38. The molecule has 0 unspecified atom stereocenters. The summed E-state index contributed by atoms with van der Waals surface area (Å²) in [6, 6.07) is 6.08. The lowest BCUT2D eigenvalue weighted by Crippen LogP contribution is -2.18. The molecule has 0 aliphatic carbocycles. The van der Waals surface area contributed by atoms with E-state index in [0.29, 0.717) is 13.2 Å². The van der Waals surface area contributed by atoms with E-state index in [2.05, 4.69) is 25.2 Å². The zero-order valence-corrected chi connectivity index (χ0v) is 14.1. The predicted octanol–water partition coefficient (Wildman–Crippen LogP) is 2.36. The van der Waals surface area contributed by atoms with Gasteiger partial charge >= 0.3 is 0 Å². The van der Waals surface area contributed by atoms with Crippen molar-refractivity contribution in [3.63, 3.8) is 0 Å². The van der Waals surface area contributed by atoms with Gasteiger partial charge in [-0.1, -0.05) is 15.9 Å². The van der Waals surface area contributed by atoms with Crippen LogP contribution in [-0.4, -0.2) is 25.8 Å². The van der Waals surface area contributed by atoms with E-state index in [0.717, 1.165) is 38.5 Å². The molecule has 1 aromatic heterocycles. The van der Waals surface area contributed by atoms with E-state index in [-0.39, 0.29) is 0 Å². The van der Waals surface area contributed by atoms with Gasteiger partial charge < -0.3 is 9.30 Å². The van der Waals surface area contributed by atoms with Gasteiger partial charge in [0.05, 0.1) is 25.2 Å². The lowest BCUT2D eigenvalue weighted by molar-refractivity contribution is 0.141. The van der Waals surface area contributed by atoms with E-state index in [1.807, 2.05) is 25.2 Å². The van der Waals surface area contributed by atoms with E-state index in [9.17, 15) is 8.42 Å². The van der Waals surface area contributed by atoms with Crippen molar-refractivity contribution in [2.75, 3.05) is 12.9 Å². The fraction of sp³-hybridized carbons (Fsp3) is 0.286. The molecule has 1 aliphatic rings. The molecule has 21 heavy (non-hydrogen) atoms. The summed E-state index contributed by atoms with van der Waals surface area (Å²) >= 11 is 3.49. The largest absolute Gasteiger partial charge is 0.370 e. The van der Waals surface area contributed by atoms with E-state index < -0.39 is 10.0 Å². The Hall–Kier alpha value is -1.31. The number of benzene rings is 1. The molecule has 0 saturated carbocycles. The molecular weight excluding hydrogens is 356 g/mol. The van der Waals surface area contributed by atoms with E-state index in [4.69, 9.17) is 4.74 Å². The van der Waals surface area contributed by atoms with Gasteiger partial charge in [-0.05, 0) is 18.2 Å². The third kappa shape index (κ3) is 2.73. The molecule has 0 saturated heterocycles. The number of nitrogens with zero attached hydrogens (tertiary/aromatic N) is 1. The van der Waals surface area contributed by atoms with Crippen molar-refractivity contribution in [3.05, 3.63) is 40.1 Å². The lowest BCUT2D eigenvalue weighted by atomic mass is 10.0. The third-order valence-electron chi connectivity index (χ3n) is 3.55. The first-order valence-corrected chi connectivity index (χ1v) is 9.06. The molecule has 1 N–H and O–H groups in total. The maximum Gasteiger partial charge on any atom is 0.229 e. The second-order valence-corrected chi connectivity index (χ2v) is 7.79. The Morgan fingerprint density at radius 2 is 2.14 bits per heavy atom. The van der Waals surface area contributed by atoms with Gasteiger partial charge in [-0.2, -0.15) is 0 Å². The number of nitrogens with one attached hydrogen (secondary N) is 1. The topological polar surface area (TPSA) is 60.3 Å². The molecule has 2 aromatic rings. The van der Waals surface area contributed by atoms with E-state index >= 15 is 0 Å². The highest BCUT2D eigenvalue weighted by atomic mass is 79.9. The van der Waals surface area contributed by atoms with Crippen LogP contribution in [0.1, 0.15) is 11.3 Å². The number of aromatic nitrogens is 1. The number of halogens is 1. The van der Waals surface area contributed by atoms with Crippen LogP contribution in [0, 0.1) is 0 Å². The van der Waals surface area contributed by atoms with Crippen molar-refractivity contribution in [1.82, 2.24) is 9.29 Å². The zero-order chi connectivity index (χ0) is 15.2. The second kappa shape index (κ2) is 5.15. The van der Waals surface area contributed by atoms with Crippen LogP contribution in [0.2, 0.25) is 0 Å². The maximum absolute atomic E-state index is 11.3. The number of hydrogen-bond acceptors (Lipinski definition) is 3. The Labute approximate surface area is 131 Å². The Balaban J connectivity index is 2.23. The molecular formula is C14H15BrN2O3S. The van der Waals surface area contributed by atoms with Crippen molar-refractivity contribution in [3.8, 4) is 0 Å². The first-order chi connectivity index (χ1) is 9.87. The molecule has 1 aliphatic heterocycles. The normalized spacial score (nSPS) is 17.2. The summed E-state index contributed by atoms with van der Waals surface area (Å²) in [5.74, 6) is 0. The molecule has 0 spiro atoms. The standard InChI is InChI=1S/C14H15BrN2O3S/c1-17-12-4-3-10(15)5-11(12)14-9(6-16-21(2,18)19)7-20-8-13(14)17/h3-6,16H,7-8H2,1-2H3/b9-6+. The van der Waals surface area contributed by atoms with Crippen LogP contribution in [0.5, 0.6) is 0 Å². The Morgan fingerprint density at radius 3 is 2.86 bits per heavy atom. The molecule has 0 radical (unpaired) electrons. The molecule has 0 amide bonds. The Kier molecular flexibility index (Phi) is 3.59. The molecule has 0 fully saturated rings. The molecule has 7 heteroatoms. The highest BCUT2D eigenvalue weighted by Gasteiger charge is 2.23. The third-order valence-corrected chi connectivity index (χ3v) is 4.59. The highest BCUT2D eigenvalue weighted by Crippen LogP contribution is 2.36. The fourth-order valence-corrected chi connectivity index (χ4v) is 3.34. The number of aryl methyl sites for hydroxylation is 1. The van der Waals surface area contributed by atoms with Crippen LogP contribution < -0.4 is 4.72 Å². The van der Waals surface area contributed by atoms with Gasteiger partial charge in [-0.15, -0.1) is 0 Å². The van der Waals surface area contributed by atoms with Crippen LogP contribution in [-0.2, 0) is 28.4 Å². The van der Waals surface area contributed by atoms with Crippen LogP contribution in [0.25, 0.3) is 16.5 Å². The zero-order valence-electron chi connectivity index (χ0n) is 11.7. The number of fused-ring (bicyclic) bond motifs is 3. The van der Waals surface area contributed by atoms with Gasteiger partial charge in [0, 0.05) is 39.8 Å². The summed E-state index contributed by atoms with van der Waals surface area (Å²) in [5.41, 5.74) is 4.04. The van der Waals surface area contributed by atoms with Crippen molar-refractivity contribution in [1.29, 1.82) is 0 Å². The van der Waals surface area contributed by atoms with Gasteiger partial charge in [-0.3, -0.25) is 4.72 Å². The molecule has 5 nitrogen and oxygen atoms in total. The summed E-state index contributed by atoms with van der Waals surface area (Å²) in [6.07, 6.45) is 2.65. The van der Waals surface area contributed by atoms with E-state index in [1.165, 1.54) is 6.20 Å². The summed E-state index contributed by atoms with van der Waals surface area (Å²) in [4.78, 5) is 0. The maximum atomic E-state index is 11.3. The van der Waals surface area contributed by atoms with Crippen molar-refractivity contribution >= 4 is 42.4 Å². The van der Waals surface area contributed by atoms with Crippen LogP contribution >= 0.6 is 15.9 Å². The number of rotatable bonds is 2. The van der Waals surface area contributed by atoms with Gasteiger partial charge in [0.25, 0.3) is 0 Å². The molecule has 3 rings (SSSR count). The molecule has 2 heterocycles. The Bertz CT molecular complexity index is 853. The summed E-state index contributed by atoms with van der Waals surface area (Å²) in [6.45, 7) is 0.912. The van der Waals surface area contributed by atoms with Gasteiger partial charge in [-0.25, -0.2) is 8.42 Å². The summed E-state index contributed by atoms with van der Waals surface area (Å²) in [5, 5.41) is 1.09. The molecule has 0 atom stereocenters. The minimum atomic E-state index is -3.28. The minimum absolute atomic E-state index is 0.390. The smallest absolute Gasteiger partial charge is 0.229 e. The number of hydrogen-bond donors (Lipinski definition) is 1. The first kappa shape index (κ1) is 14.6. The lowest BCUT2D eigenvalue weighted by Gasteiger charge is -2.18. The molecule has 112 valence electrons. The summed E-state index contributed by atoms with van der Waals surface area (Å²) < 4.78 is 33.7. The number of sulfonamides is 1. The van der Waals surface area contributed by atoms with Crippen LogP contribution in [0.3, 0.4) is 0 Å². The van der Waals surface area contributed by atoms with Gasteiger partial charge in [0.1, 0.15) is 0 Å². The highest BCUT2D eigenvalue weighted by molar-refractivity contribution is 9.10. The SMILES string of the molecule is Cn1c2c(c3cc(Br)ccc31)/C(=C/NS(C)(=O)=O)COC2. The molecule has 1 aromatic carbocycles. The fourth-order valence-electron chi connectivity index (χ4n) is 2.62. The molecule has 0 bridgehead atoms. The quantitative estimate of drug-likeness (QED) is 0.882. The van der Waals surface area contributed by atoms with Crippen LogP contribution in [0.4, 0.5) is 0 Å². The summed E-state index contributed by atoms with van der Waals surface area (Å²) in [7, 11) is -1.29. The van der Waals surface area contributed by atoms with Crippen molar-refractivity contribution < 1.29 is 13.2 Å². The monoisotopic (exact) mass is 370 g/mol.